The third-order valence-corrected chi connectivity index (χ3v) is 3.46. The van der Waals surface area contributed by atoms with Gasteiger partial charge in [-0.2, -0.15) is 0 Å². The Balaban J connectivity index is 2.98. The molecule has 1 unspecified atom stereocenters. The van der Waals surface area contributed by atoms with Gasteiger partial charge in [0.25, 0.3) is 0 Å². The minimum absolute atomic E-state index is 0.163. The maximum absolute atomic E-state index is 6.12. The molecule has 1 atom stereocenters. The molecule has 0 aliphatic carbocycles. The highest BCUT2D eigenvalue weighted by Gasteiger charge is 2.14. The van der Waals surface area contributed by atoms with Gasteiger partial charge in [0, 0.05) is 5.56 Å². The Morgan fingerprint density at radius 2 is 2.20 bits per heavy atom. The van der Waals surface area contributed by atoms with Crippen molar-refractivity contribution in [1.29, 1.82) is 0 Å². The molecular formula is C11H15Cl2NS. The maximum atomic E-state index is 6.12. The lowest BCUT2D eigenvalue weighted by Gasteiger charge is -2.13. The number of hydrogen-bond acceptors (Lipinski definition) is 2. The quantitative estimate of drug-likeness (QED) is 0.779. The van der Waals surface area contributed by atoms with Gasteiger partial charge in [-0.05, 0) is 26.5 Å². The fourth-order valence-electron chi connectivity index (χ4n) is 1.38. The summed E-state index contributed by atoms with van der Waals surface area (Å²) in [7, 11) is 0. The summed E-state index contributed by atoms with van der Waals surface area (Å²) in [6.45, 7) is 7.13. The molecule has 0 saturated carbocycles. The SMILES string of the molecule is CCNC(C=C(C)C)c1cc(Cl)sc1Cl. The second kappa shape index (κ2) is 5.90. The van der Waals surface area contributed by atoms with Crippen molar-refractivity contribution in [2.24, 2.45) is 0 Å². The highest BCUT2D eigenvalue weighted by atomic mass is 35.5. The van der Waals surface area contributed by atoms with Crippen LogP contribution in [-0.2, 0) is 0 Å². The lowest BCUT2D eigenvalue weighted by atomic mass is 10.1. The van der Waals surface area contributed by atoms with E-state index in [0.29, 0.717) is 0 Å². The summed E-state index contributed by atoms with van der Waals surface area (Å²) in [4.78, 5) is 0. The number of allylic oxidation sites excluding steroid dienone is 1. The van der Waals surface area contributed by atoms with E-state index in [1.807, 2.05) is 6.07 Å². The molecule has 0 spiro atoms. The molecule has 1 aromatic heterocycles. The van der Waals surface area contributed by atoms with Crippen LogP contribution in [-0.4, -0.2) is 6.54 Å². The van der Waals surface area contributed by atoms with Crippen LogP contribution < -0.4 is 5.32 Å². The van der Waals surface area contributed by atoms with Crippen molar-refractivity contribution < 1.29 is 0 Å². The smallest absolute Gasteiger partial charge is 0.0995 e. The number of likely N-dealkylation sites (N-methyl/N-ethyl adjacent to an activating group) is 1. The highest BCUT2D eigenvalue weighted by molar-refractivity contribution is 7.20. The van der Waals surface area contributed by atoms with Crippen LogP contribution in [0.3, 0.4) is 0 Å². The molecule has 0 aliphatic heterocycles. The van der Waals surface area contributed by atoms with Gasteiger partial charge in [-0.15, -0.1) is 11.3 Å². The topological polar surface area (TPSA) is 12.0 Å². The number of thiophene rings is 1. The third kappa shape index (κ3) is 3.80. The monoisotopic (exact) mass is 263 g/mol. The fraction of sp³-hybridized carbons (Fsp3) is 0.455. The van der Waals surface area contributed by atoms with Crippen LogP contribution in [0.2, 0.25) is 8.67 Å². The van der Waals surface area contributed by atoms with Crippen molar-refractivity contribution in [3.63, 3.8) is 0 Å². The van der Waals surface area contributed by atoms with Gasteiger partial charge in [0.05, 0.1) is 14.7 Å². The minimum Gasteiger partial charge on any atom is -0.307 e. The molecule has 0 aliphatic rings. The van der Waals surface area contributed by atoms with E-state index in [0.717, 1.165) is 20.8 Å². The molecule has 1 N–H and O–H groups in total. The van der Waals surface area contributed by atoms with Crippen molar-refractivity contribution in [2.45, 2.75) is 26.8 Å². The summed E-state index contributed by atoms with van der Waals surface area (Å²) in [5.41, 5.74) is 2.33. The van der Waals surface area contributed by atoms with Gasteiger partial charge in [-0.25, -0.2) is 0 Å². The third-order valence-electron chi connectivity index (χ3n) is 1.94. The minimum atomic E-state index is 0.163. The van der Waals surface area contributed by atoms with Crippen molar-refractivity contribution in [3.8, 4) is 0 Å². The van der Waals surface area contributed by atoms with E-state index < -0.39 is 0 Å². The van der Waals surface area contributed by atoms with E-state index in [-0.39, 0.29) is 6.04 Å². The van der Waals surface area contributed by atoms with E-state index in [1.165, 1.54) is 16.9 Å². The zero-order valence-corrected chi connectivity index (χ0v) is 11.4. The number of nitrogens with one attached hydrogen (secondary N) is 1. The van der Waals surface area contributed by atoms with Crippen molar-refractivity contribution in [3.05, 3.63) is 32.0 Å². The Bertz CT molecular complexity index is 353. The van der Waals surface area contributed by atoms with E-state index in [2.05, 4.69) is 32.2 Å². The largest absolute Gasteiger partial charge is 0.307 e. The molecule has 4 heteroatoms. The summed E-state index contributed by atoms with van der Waals surface area (Å²) in [5.74, 6) is 0. The van der Waals surface area contributed by atoms with Crippen molar-refractivity contribution in [1.82, 2.24) is 5.32 Å². The van der Waals surface area contributed by atoms with Gasteiger partial charge in [-0.1, -0.05) is 41.8 Å². The van der Waals surface area contributed by atoms with Gasteiger partial charge >= 0.3 is 0 Å². The van der Waals surface area contributed by atoms with E-state index >= 15 is 0 Å². The van der Waals surface area contributed by atoms with Gasteiger partial charge in [0.2, 0.25) is 0 Å². The lowest BCUT2D eigenvalue weighted by Crippen LogP contribution is -2.18. The molecule has 0 radical (unpaired) electrons. The first kappa shape index (κ1) is 13.0. The molecule has 0 saturated heterocycles. The van der Waals surface area contributed by atoms with Crippen LogP contribution in [0.5, 0.6) is 0 Å². The van der Waals surface area contributed by atoms with Crippen molar-refractivity contribution >= 4 is 34.5 Å². The molecule has 15 heavy (non-hydrogen) atoms. The van der Waals surface area contributed by atoms with E-state index in [9.17, 15) is 0 Å². The Labute approximate surface area is 105 Å². The number of halogens is 2. The molecule has 0 amide bonds. The first-order valence-electron chi connectivity index (χ1n) is 4.87. The zero-order chi connectivity index (χ0) is 11.4. The molecule has 0 bridgehead atoms. The predicted molar refractivity (Wildman–Crippen MR) is 70.2 cm³/mol. The van der Waals surface area contributed by atoms with Crippen molar-refractivity contribution in [2.75, 3.05) is 6.54 Å². The lowest BCUT2D eigenvalue weighted by molar-refractivity contribution is 0.647. The molecule has 0 fully saturated rings. The first-order chi connectivity index (χ1) is 7.04. The zero-order valence-electron chi connectivity index (χ0n) is 9.10. The Morgan fingerprint density at radius 3 is 2.60 bits per heavy atom. The van der Waals surface area contributed by atoms with Crippen LogP contribution in [0, 0.1) is 0 Å². The molecule has 1 nitrogen and oxygen atoms in total. The van der Waals surface area contributed by atoms with Crippen LogP contribution in [0.25, 0.3) is 0 Å². The van der Waals surface area contributed by atoms with Crippen LogP contribution >= 0.6 is 34.5 Å². The molecule has 0 aromatic carbocycles. The Morgan fingerprint density at radius 1 is 1.53 bits per heavy atom. The molecule has 1 aromatic rings. The average Bonchev–Trinajstić information content (AvgIpc) is 2.44. The molecule has 84 valence electrons. The number of hydrogen-bond donors (Lipinski definition) is 1. The van der Waals surface area contributed by atoms with Crippen LogP contribution in [0.15, 0.2) is 17.7 Å². The summed E-state index contributed by atoms with van der Waals surface area (Å²) >= 11 is 13.5. The summed E-state index contributed by atoms with van der Waals surface area (Å²) < 4.78 is 1.50. The van der Waals surface area contributed by atoms with Gasteiger partial charge in [-0.3, -0.25) is 0 Å². The maximum Gasteiger partial charge on any atom is 0.0995 e. The van der Waals surface area contributed by atoms with E-state index in [1.54, 1.807) is 0 Å². The summed E-state index contributed by atoms with van der Waals surface area (Å²) in [6.07, 6.45) is 2.16. The fourth-order valence-corrected chi connectivity index (χ4v) is 2.93. The second-order valence-electron chi connectivity index (χ2n) is 3.56. The molecule has 1 heterocycles. The summed E-state index contributed by atoms with van der Waals surface area (Å²) in [6, 6.07) is 2.10. The van der Waals surface area contributed by atoms with Crippen LogP contribution in [0.4, 0.5) is 0 Å². The summed E-state index contributed by atoms with van der Waals surface area (Å²) in [5, 5.41) is 3.37. The van der Waals surface area contributed by atoms with Gasteiger partial charge < -0.3 is 5.32 Å². The predicted octanol–water partition coefficient (Wildman–Crippen LogP) is 4.67. The normalized spacial score (nSPS) is 12.6. The molecule has 1 rings (SSSR count). The van der Waals surface area contributed by atoms with Crippen LogP contribution in [0.1, 0.15) is 32.4 Å². The van der Waals surface area contributed by atoms with E-state index in [4.69, 9.17) is 23.2 Å². The average molecular weight is 264 g/mol. The Kier molecular flexibility index (Phi) is 5.13. The first-order valence-corrected chi connectivity index (χ1v) is 6.45. The Hall–Kier alpha value is -0.0200. The highest BCUT2D eigenvalue weighted by Crippen LogP contribution is 2.35. The molecular weight excluding hydrogens is 249 g/mol. The number of rotatable bonds is 4. The second-order valence-corrected chi connectivity index (χ2v) is 5.84. The standard InChI is InChI=1S/C11H15Cl2NS/c1-4-14-9(5-7(2)3)8-6-10(12)15-11(8)13/h5-6,9,14H,4H2,1-3H3. The van der Waals surface area contributed by atoms with Gasteiger partial charge in [0.15, 0.2) is 0 Å². The van der Waals surface area contributed by atoms with Gasteiger partial charge in [0.1, 0.15) is 0 Å².